The lowest BCUT2D eigenvalue weighted by atomic mass is 10.3. The van der Waals surface area contributed by atoms with Crippen LogP contribution in [0.1, 0.15) is 6.42 Å². The van der Waals surface area contributed by atoms with Gasteiger partial charge in [-0.15, -0.1) is 0 Å². The molecule has 0 fully saturated rings. The highest BCUT2D eigenvalue weighted by atomic mass is 79.9. The van der Waals surface area contributed by atoms with Gasteiger partial charge in [-0.3, -0.25) is 0 Å². The zero-order valence-corrected chi connectivity index (χ0v) is 11.4. The lowest BCUT2D eigenvalue weighted by Crippen LogP contribution is -2.37. The van der Waals surface area contributed by atoms with Crippen LogP contribution in [0.25, 0.3) is 0 Å². The Bertz CT molecular complexity index is 389. The van der Waals surface area contributed by atoms with Crippen molar-refractivity contribution < 1.29 is 23.4 Å². The Balaban J connectivity index is 2.76. The van der Waals surface area contributed by atoms with Crippen molar-refractivity contribution in [1.82, 2.24) is 9.97 Å². The van der Waals surface area contributed by atoms with Crippen molar-refractivity contribution in [2.75, 3.05) is 24.6 Å². The Labute approximate surface area is 116 Å². The molecule has 1 aromatic rings. The molecule has 1 heterocycles. The van der Waals surface area contributed by atoms with E-state index in [9.17, 15) is 18.3 Å². The van der Waals surface area contributed by atoms with E-state index in [0.29, 0.717) is 4.47 Å². The number of aliphatic hydroxyl groups excluding tert-OH is 2. The van der Waals surface area contributed by atoms with Crippen LogP contribution in [0.15, 0.2) is 16.9 Å². The van der Waals surface area contributed by atoms with Crippen LogP contribution in [-0.4, -0.2) is 52.2 Å². The number of alkyl halides is 3. The van der Waals surface area contributed by atoms with Gasteiger partial charge in [-0.25, -0.2) is 9.97 Å². The van der Waals surface area contributed by atoms with Gasteiger partial charge in [0.1, 0.15) is 0 Å². The number of hydrogen-bond donors (Lipinski definition) is 2. The molecule has 0 aliphatic rings. The van der Waals surface area contributed by atoms with Gasteiger partial charge in [0.2, 0.25) is 5.95 Å². The lowest BCUT2D eigenvalue weighted by molar-refractivity contribution is -0.132. The summed E-state index contributed by atoms with van der Waals surface area (Å²) in [5.74, 6) is 0.0694. The first-order valence-electron chi connectivity index (χ1n) is 5.40. The van der Waals surface area contributed by atoms with E-state index in [1.54, 1.807) is 0 Å². The van der Waals surface area contributed by atoms with Crippen LogP contribution in [0.5, 0.6) is 0 Å². The molecule has 5 nitrogen and oxygen atoms in total. The Morgan fingerprint density at radius 2 is 1.89 bits per heavy atom. The molecular weight excluding hydrogens is 331 g/mol. The topological polar surface area (TPSA) is 69.5 Å². The molecule has 0 aromatic carbocycles. The first-order valence-corrected chi connectivity index (χ1v) is 6.19. The summed E-state index contributed by atoms with van der Waals surface area (Å²) < 4.78 is 37.3. The van der Waals surface area contributed by atoms with Gasteiger partial charge in [0.25, 0.3) is 0 Å². The third-order valence-electron chi connectivity index (χ3n) is 2.20. The Hall–Kier alpha value is -0.930. The molecule has 0 aliphatic heterocycles. The summed E-state index contributed by atoms with van der Waals surface area (Å²) in [5, 5.41) is 18.1. The average molecular weight is 344 g/mol. The Morgan fingerprint density at radius 1 is 1.32 bits per heavy atom. The maximum atomic E-state index is 12.2. The minimum Gasteiger partial charge on any atom is -0.394 e. The predicted molar refractivity (Wildman–Crippen MR) is 65.7 cm³/mol. The van der Waals surface area contributed by atoms with E-state index in [2.05, 4.69) is 25.9 Å². The summed E-state index contributed by atoms with van der Waals surface area (Å²) in [6, 6.07) is 0. The van der Waals surface area contributed by atoms with Crippen LogP contribution >= 0.6 is 15.9 Å². The normalized spacial score (nSPS) is 13.4. The van der Waals surface area contributed by atoms with Crippen molar-refractivity contribution in [2.24, 2.45) is 0 Å². The molecule has 1 rings (SSSR count). The van der Waals surface area contributed by atoms with Gasteiger partial charge in [0.05, 0.1) is 23.6 Å². The second-order valence-electron chi connectivity index (χ2n) is 3.85. The number of hydrogen-bond acceptors (Lipinski definition) is 5. The van der Waals surface area contributed by atoms with E-state index in [0.717, 1.165) is 0 Å². The first kappa shape index (κ1) is 16.1. The molecule has 2 N–H and O–H groups in total. The van der Waals surface area contributed by atoms with Gasteiger partial charge < -0.3 is 15.1 Å². The molecule has 1 aromatic heterocycles. The molecule has 0 spiro atoms. The number of aromatic nitrogens is 2. The van der Waals surface area contributed by atoms with E-state index in [4.69, 9.17) is 5.11 Å². The zero-order valence-electron chi connectivity index (χ0n) is 9.81. The smallest absolute Gasteiger partial charge is 0.390 e. The monoisotopic (exact) mass is 343 g/mol. The van der Waals surface area contributed by atoms with E-state index in [-0.39, 0.29) is 19.0 Å². The maximum absolute atomic E-state index is 12.2. The summed E-state index contributed by atoms with van der Waals surface area (Å²) in [6.45, 7) is -1.10. The first-order chi connectivity index (χ1) is 8.81. The van der Waals surface area contributed by atoms with Crippen LogP contribution in [0, 0.1) is 0 Å². The van der Waals surface area contributed by atoms with Crippen molar-refractivity contribution in [2.45, 2.75) is 18.7 Å². The highest BCUT2D eigenvalue weighted by molar-refractivity contribution is 9.10. The van der Waals surface area contributed by atoms with Gasteiger partial charge >= 0.3 is 6.18 Å². The van der Waals surface area contributed by atoms with E-state index >= 15 is 0 Å². The van der Waals surface area contributed by atoms with E-state index < -0.39 is 25.3 Å². The standard InChI is InChI=1S/C10H13BrF3N3O2/c11-7-3-15-9(16-4-7)17(5-8(19)6-18)2-1-10(12,13)14/h3-4,8,18-19H,1-2,5-6H2/t8-/m0/s1. The van der Waals surface area contributed by atoms with Gasteiger partial charge in [-0.2, -0.15) is 13.2 Å². The predicted octanol–water partition coefficient (Wildman–Crippen LogP) is 1.35. The van der Waals surface area contributed by atoms with Crippen molar-refractivity contribution in [3.05, 3.63) is 16.9 Å². The van der Waals surface area contributed by atoms with Gasteiger partial charge in [-0.1, -0.05) is 0 Å². The van der Waals surface area contributed by atoms with Crippen LogP contribution in [0.3, 0.4) is 0 Å². The van der Waals surface area contributed by atoms with Crippen molar-refractivity contribution in [1.29, 1.82) is 0 Å². The molecule has 0 bridgehead atoms. The van der Waals surface area contributed by atoms with Crippen molar-refractivity contribution in [3.63, 3.8) is 0 Å². The fourth-order valence-corrected chi connectivity index (χ4v) is 1.52. The minimum absolute atomic E-state index is 0.0694. The number of aliphatic hydroxyl groups is 2. The summed E-state index contributed by atoms with van der Waals surface area (Å²) in [6.07, 6.45) is -3.72. The van der Waals surface area contributed by atoms with Crippen LogP contribution in [0.2, 0.25) is 0 Å². The summed E-state index contributed by atoms with van der Waals surface area (Å²) in [5.41, 5.74) is 0. The molecule has 0 saturated carbocycles. The Morgan fingerprint density at radius 3 is 2.37 bits per heavy atom. The molecule has 19 heavy (non-hydrogen) atoms. The summed E-state index contributed by atoms with van der Waals surface area (Å²) in [4.78, 5) is 8.93. The molecule has 108 valence electrons. The van der Waals surface area contributed by atoms with Crippen molar-refractivity contribution >= 4 is 21.9 Å². The van der Waals surface area contributed by atoms with Gasteiger partial charge in [0.15, 0.2) is 0 Å². The molecule has 0 amide bonds. The minimum atomic E-state index is -4.31. The number of nitrogens with zero attached hydrogens (tertiary/aromatic N) is 3. The maximum Gasteiger partial charge on any atom is 0.390 e. The second kappa shape index (κ2) is 7.01. The molecule has 0 radical (unpaired) electrons. The zero-order chi connectivity index (χ0) is 14.5. The lowest BCUT2D eigenvalue weighted by Gasteiger charge is -2.25. The molecular formula is C10H13BrF3N3O2. The van der Waals surface area contributed by atoms with Crippen LogP contribution in [-0.2, 0) is 0 Å². The number of halogens is 4. The Kier molecular flexibility index (Phi) is 5.95. The molecule has 9 heteroatoms. The third-order valence-corrected chi connectivity index (χ3v) is 2.61. The molecule has 0 unspecified atom stereocenters. The van der Waals surface area contributed by atoms with Crippen LogP contribution in [0.4, 0.5) is 19.1 Å². The van der Waals surface area contributed by atoms with Crippen molar-refractivity contribution in [3.8, 4) is 0 Å². The van der Waals surface area contributed by atoms with Gasteiger partial charge in [-0.05, 0) is 15.9 Å². The fourth-order valence-electron chi connectivity index (χ4n) is 1.32. The van der Waals surface area contributed by atoms with Crippen LogP contribution < -0.4 is 4.90 Å². The SMILES string of the molecule is OC[C@@H](O)CN(CCC(F)(F)F)c1ncc(Br)cn1. The third kappa shape index (κ3) is 6.17. The molecule has 0 saturated heterocycles. The molecule has 1 atom stereocenters. The van der Waals surface area contributed by atoms with E-state index in [1.165, 1.54) is 17.3 Å². The quantitative estimate of drug-likeness (QED) is 0.815. The summed E-state index contributed by atoms with van der Waals surface area (Å²) in [7, 11) is 0. The highest BCUT2D eigenvalue weighted by Crippen LogP contribution is 2.21. The fraction of sp³-hybridized carbons (Fsp3) is 0.600. The van der Waals surface area contributed by atoms with Gasteiger partial charge in [0, 0.05) is 25.5 Å². The van der Waals surface area contributed by atoms with E-state index in [1.807, 2.05) is 0 Å². The highest BCUT2D eigenvalue weighted by Gasteiger charge is 2.28. The largest absolute Gasteiger partial charge is 0.394 e. The number of rotatable bonds is 6. The summed E-state index contributed by atoms with van der Waals surface area (Å²) >= 11 is 3.12. The molecule has 0 aliphatic carbocycles. The number of anilines is 1. The second-order valence-corrected chi connectivity index (χ2v) is 4.76. The average Bonchev–Trinajstić information content (AvgIpc) is 2.34.